The van der Waals surface area contributed by atoms with E-state index in [0.29, 0.717) is 0 Å². The molecule has 0 aromatic rings. The van der Waals surface area contributed by atoms with Crippen LogP contribution in [0.5, 0.6) is 0 Å². The molecule has 0 nitrogen and oxygen atoms in total. The van der Waals surface area contributed by atoms with Gasteiger partial charge >= 0.3 is 0 Å². The van der Waals surface area contributed by atoms with Gasteiger partial charge in [-0.1, -0.05) is 47.5 Å². The van der Waals surface area contributed by atoms with Crippen molar-refractivity contribution in [2.75, 3.05) is 0 Å². The lowest BCUT2D eigenvalue weighted by molar-refractivity contribution is 0.277. The van der Waals surface area contributed by atoms with E-state index in [-0.39, 0.29) is 0 Å². The lowest BCUT2D eigenvalue weighted by Crippen LogP contribution is -2.13. The lowest BCUT2D eigenvalue weighted by Gasteiger charge is -2.23. The summed E-state index contributed by atoms with van der Waals surface area (Å²) in [6.07, 6.45) is 5.79. The van der Waals surface area contributed by atoms with Crippen LogP contribution in [0.3, 0.4) is 0 Å². The fourth-order valence-electron chi connectivity index (χ4n) is 2.71. The summed E-state index contributed by atoms with van der Waals surface area (Å²) in [5, 5.41) is 0. The van der Waals surface area contributed by atoms with Gasteiger partial charge in [0.1, 0.15) is 0 Å². The van der Waals surface area contributed by atoms with Gasteiger partial charge in [0.15, 0.2) is 0 Å². The summed E-state index contributed by atoms with van der Waals surface area (Å²) in [5.41, 5.74) is 0.762. The van der Waals surface area contributed by atoms with E-state index in [1.54, 1.807) is 0 Å². The minimum absolute atomic E-state index is 0.762. The average molecular weight is 182 g/mol. The van der Waals surface area contributed by atoms with Gasteiger partial charge < -0.3 is 0 Å². The van der Waals surface area contributed by atoms with E-state index in [0.717, 1.165) is 23.2 Å². The maximum Gasteiger partial charge on any atom is -0.0266 e. The Morgan fingerprint density at radius 2 is 1.85 bits per heavy atom. The molecule has 1 saturated carbocycles. The second-order valence-electron chi connectivity index (χ2n) is 5.45. The molecule has 78 valence electrons. The molecular weight excluding hydrogens is 156 g/mol. The smallest absolute Gasteiger partial charge is 0.0266 e. The van der Waals surface area contributed by atoms with Gasteiger partial charge in [-0.25, -0.2) is 0 Å². The van der Waals surface area contributed by atoms with E-state index < -0.39 is 0 Å². The Hall–Kier alpha value is 0. The predicted octanol–water partition coefficient (Wildman–Crippen LogP) is 4.49. The molecule has 0 heteroatoms. The van der Waals surface area contributed by atoms with Gasteiger partial charge in [-0.05, 0) is 36.0 Å². The van der Waals surface area contributed by atoms with E-state index in [2.05, 4.69) is 34.6 Å². The van der Waals surface area contributed by atoms with Crippen LogP contribution in [0.15, 0.2) is 0 Å². The Bertz CT molecular complexity index is 159. The third kappa shape index (κ3) is 2.27. The van der Waals surface area contributed by atoms with Gasteiger partial charge in [-0.15, -0.1) is 0 Å². The molecule has 3 unspecified atom stereocenters. The van der Waals surface area contributed by atoms with Crippen molar-refractivity contribution in [3.05, 3.63) is 0 Å². The molecule has 1 aliphatic rings. The van der Waals surface area contributed by atoms with Gasteiger partial charge in [0, 0.05) is 0 Å². The van der Waals surface area contributed by atoms with Gasteiger partial charge in [-0.2, -0.15) is 0 Å². The Morgan fingerprint density at radius 3 is 2.15 bits per heavy atom. The Labute approximate surface area is 84.1 Å². The van der Waals surface area contributed by atoms with Crippen molar-refractivity contribution < 1.29 is 0 Å². The summed E-state index contributed by atoms with van der Waals surface area (Å²) < 4.78 is 0. The zero-order valence-corrected chi connectivity index (χ0v) is 10.1. The van der Waals surface area contributed by atoms with Gasteiger partial charge in [0.2, 0.25) is 0 Å². The highest BCUT2D eigenvalue weighted by atomic mass is 14.6. The summed E-state index contributed by atoms with van der Waals surface area (Å²) in [5.74, 6) is 2.83. The van der Waals surface area contributed by atoms with E-state index in [1.165, 1.54) is 25.7 Å². The van der Waals surface area contributed by atoms with E-state index >= 15 is 0 Å². The van der Waals surface area contributed by atoms with Gasteiger partial charge in [-0.3, -0.25) is 0 Å². The number of hydrogen-bond donors (Lipinski definition) is 0. The molecule has 0 amide bonds. The molecule has 0 spiro atoms. The molecule has 0 aromatic carbocycles. The van der Waals surface area contributed by atoms with Crippen LogP contribution in [-0.2, 0) is 0 Å². The quantitative estimate of drug-likeness (QED) is 0.587. The Balaban J connectivity index is 2.43. The zero-order valence-electron chi connectivity index (χ0n) is 10.1. The van der Waals surface area contributed by atoms with Crippen molar-refractivity contribution in [3.63, 3.8) is 0 Å². The van der Waals surface area contributed by atoms with E-state index in [9.17, 15) is 0 Å². The van der Waals surface area contributed by atoms with Crippen LogP contribution in [0.2, 0.25) is 0 Å². The highest BCUT2D eigenvalue weighted by Crippen LogP contribution is 2.60. The SMILES string of the molecule is CCC1CC1(CC)CC(C)C(C)C. The van der Waals surface area contributed by atoms with Crippen LogP contribution in [0.25, 0.3) is 0 Å². The predicted molar refractivity (Wildman–Crippen MR) is 59.7 cm³/mol. The molecule has 0 aromatic heterocycles. The molecule has 1 fully saturated rings. The Kier molecular flexibility index (Phi) is 3.43. The second kappa shape index (κ2) is 4.02. The van der Waals surface area contributed by atoms with Crippen molar-refractivity contribution >= 4 is 0 Å². The van der Waals surface area contributed by atoms with E-state index in [1.807, 2.05) is 0 Å². The van der Waals surface area contributed by atoms with Crippen molar-refractivity contribution in [1.82, 2.24) is 0 Å². The van der Waals surface area contributed by atoms with Crippen LogP contribution >= 0.6 is 0 Å². The molecule has 0 heterocycles. The third-order valence-electron chi connectivity index (χ3n) is 4.42. The van der Waals surface area contributed by atoms with Crippen LogP contribution < -0.4 is 0 Å². The maximum atomic E-state index is 2.42. The highest BCUT2D eigenvalue weighted by molar-refractivity contribution is 5.01. The number of hydrogen-bond acceptors (Lipinski definition) is 0. The second-order valence-corrected chi connectivity index (χ2v) is 5.45. The van der Waals surface area contributed by atoms with Crippen LogP contribution in [-0.4, -0.2) is 0 Å². The fraction of sp³-hybridized carbons (Fsp3) is 1.00. The standard InChI is InChI=1S/C13H26/c1-6-12-9-13(12,7-2)8-11(5)10(3)4/h10-12H,6-9H2,1-5H3. The van der Waals surface area contributed by atoms with Crippen molar-refractivity contribution in [3.8, 4) is 0 Å². The molecule has 0 N–H and O–H groups in total. The molecule has 1 aliphatic carbocycles. The Morgan fingerprint density at radius 1 is 1.23 bits per heavy atom. The summed E-state index contributed by atoms with van der Waals surface area (Å²) >= 11 is 0. The van der Waals surface area contributed by atoms with Crippen LogP contribution in [0.1, 0.15) is 60.3 Å². The normalized spacial score (nSPS) is 35.1. The van der Waals surface area contributed by atoms with Gasteiger partial charge in [0.05, 0.1) is 0 Å². The highest BCUT2D eigenvalue weighted by Gasteiger charge is 2.51. The molecular formula is C13H26. The maximum absolute atomic E-state index is 2.42. The minimum atomic E-state index is 0.762. The minimum Gasteiger partial charge on any atom is -0.0651 e. The molecule has 0 bridgehead atoms. The summed E-state index contributed by atoms with van der Waals surface area (Å²) in [6, 6.07) is 0. The fourth-order valence-corrected chi connectivity index (χ4v) is 2.71. The molecule has 0 aliphatic heterocycles. The first-order valence-corrected chi connectivity index (χ1v) is 6.05. The monoisotopic (exact) mass is 182 g/mol. The van der Waals surface area contributed by atoms with Crippen molar-refractivity contribution in [2.45, 2.75) is 60.3 Å². The summed E-state index contributed by atoms with van der Waals surface area (Å²) in [6.45, 7) is 11.9. The first-order chi connectivity index (χ1) is 6.05. The van der Waals surface area contributed by atoms with E-state index in [4.69, 9.17) is 0 Å². The largest absolute Gasteiger partial charge is 0.0651 e. The third-order valence-corrected chi connectivity index (χ3v) is 4.42. The lowest BCUT2D eigenvalue weighted by atomic mass is 9.83. The van der Waals surface area contributed by atoms with Crippen LogP contribution in [0.4, 0.5) is 0 Å². The number of rotatable bonds is 5. The first kappa shape index (κ1) is 11.1. The molecule has 13 heavy (non-hydrogen) atoms. The van der Waals surface area contributed by atoms with Gasteiger partial charge in [0.25, 0.3) is 0 Å². The van der Waals surface area contributed by atoms with Crippen molar-refractivity contribution in [2.24, 2.45) is 23.2 Å². The topological polar surface area (TPSA) is 0 Å². The molecule has 0 radical (unpaired) electrons. The van der Waals surface area contributed by atoms with Crippen LogP contribution in [0, 0.1) is 23.2 Å². The first-order valence-electron chi connectivity index (χ1n) is 6.05. The van der Waals surface area contributed by atoms with Crippen molar-refractivity contribution in [1.29, 1.82) is 0 Å². The molecule has 3 atom stereocenters. The summed E-state index contributed by atoms with van der Waals surface area (Å²) in [4.78, 5) is 0. The molecule has 0 saturated heterocycles. The molecule has 1 rings (SSSR count). The average Bonchev–Trinajstić information content (AvgIpc) is 2.79. The summed E-state index contributed by atoms with van der Waals surface area (Å²) in [7, 11) is 0. The zero-order chi connectivity index (χ0) is 10.1.